The Balaban J connectivity index is 2.04. The lowest BCUT2D eigenvalue weighted by molar-refractivity contribution is 0.410. The predicted octanol–water partition coefficient (Wildman–Crippen LogP) is 3.71. The van der Waals surface area contributed by atoms with Crippen molar-refractivity contribution in [2.75, 3.05) is 25.3 Å². The Labute approximate surface area is 147 Å². The number of hydrogen-bond acceptors (Lipinski definition) is 6. The van der Waals surface area contributed by atoms with Gasteiger partial charge in [0.25, 0.3) is 0 Å². The summed E-state index contributed by atoms with van der Waals surface area (Å²) in [5, 5.41) is 4.36. The molecule has 0 aliphatic carbocycles. The lowest BCUT2D eigenvalue weighted by Gasteiger charge is -2.20. The first kappa shape index (κ1) is 16.8. The molecule has 1 heterocycles. The predicted molar refractivity (Wildman–Crippen MR) is 100 cm³/mol. The second kappa shape index (κ2) is 6.84. The Bertz CT molecular complexity index is 911. The molecule has 3 aromatic rings. The maximum atomic E-state index is 6.02. The van der Waals surface area contributed by atoms with E-state index < -0.39 is 0 Å². The number of fused-ring (bicyclic) bond motifs is 1. The van der Waals surface area contributed by atoms with Crippen molar-refractivity contribution in [2.24, 2.45) is 0 Å². The molecule has 0 saturated carbocycles. The van der Waals surface area contributed by atoms with E-state index in [0.717, 1.165) is 28.0 Å². The number of anilines is 2. The molecule has 0 fully saturated rings. The van der Waals surface area contributed by atoms with E-state index in [9.17, 15) is 0 Å². The normalized spacial score (nSPS) is 12.0. The number of nitrogens with one attached hydrogen (secondary N) is 1. The molecular weight excluding hydrogens is 316 g/mol. The van der Waals surface area contributed by atoms with Crippen LogP contribution in [0.3, 0.4) is 0 Å². The minimum atomic E-state index is -0.0536. The van der Waals surface area contributed by atoms with Crippen molar-refractivity contribution in [2.45, 2.75) is 19.9 Å². The first-order valence-electron chi connectivity index (χ1n) is 8.04. The summed E-state index contributed by atoms with van der Waals surface area (Å²) in [4.78, 5) is 9.06. The van der Waals surface area contributed by atoms with E-state index in [2.05, 4.69) is 15.3 Å². The van der Waals surface area contributed by atoms with Gasteiger partial charge in [-0.05, 0) is 38.1 Å². The molecule has 1 atom stereocenters. The fraction of sp³-hybridized carbons (Fsp3) is 0.263. The second-order valence-corrected chi connectivity index (χ2v) is 5.84. The largest absolute Gasteiger partial charge is 0.497 e. The maximum absolute atomic E-state index is 6.02. The molecule has 0 saturated heterocycles. The SMILES string of the molecule is COc1ccc2nc(C)nc(N[C@H](C)c3cccc(N)c3OC)c2c1. The van der Waals surface area contributed by atoms with E-state index in [0.29, 0.717) is 17.3 Å². The number of aryl methyl sites for hydroxylation is 1. The summed E-state index contributed by atoms with van der Waals surface area (Å²) in [7, 11) is 3.26. The summed E-state index contributed by atoms with van der Waals surface area (Å²) in [6, 6.07) is 11.4. The second-order valence-electron chi connectivity index (χ2n) is 5.84. The van der Waals surface area contributed by atoms with Crippen LogP contribution in [0.2, 0.25) is 0 Å². The number of methoxy groups -OCH3 is 2. The van der Waals surface area contributed by atoms with Gasteiger partial charge in [-0.3, -0.25) is 0 Å². The minimum Gasteiger partial charge on any atom is -0.497 e. The Morgan fingerprint density at radius 2 is 1.88 bits per heavy atom. The van der Waals surface area contributed by atoms with Gasteiger partial charge in [0.05, 0.1) is 31.5 Å². The number of para-hydroxylation sites is 1. The zero-order chi connectivity index (χ0) is 18.0. The number of nitrogens with zero attached hydrogens (tertiary/aromatic N) is 2. The molecule has 6 heteroatoms. The molecule has 0 spiro atoms. The highest BCUT2D eigenvalue weighted by molar-refractivity contribution is 5.90. The summed E-state index contributed by atoms with van der Waals surface area (Å²) in [6.45, 7) is 3.92. The van der Waals surface area contributed by atoms with Crippen LogP contribution in [0.1, 0.15) is 24.4 Å². The Morgan fingerprint density at radius 3 is 2.60 bits per heavy atom. The first-order chi connectivity index (χ1) is 12.0. The molecule has 0 amide bonds. The van der Waals surface area contributed by atoms with Crippen LogP contribution >= 0.6 is 0 Å². The van der Waals surface area contributed by atoms with Crippen LogP contribution in [-0.2, 0) is 0 Å². The number of aromatic nitrogens is 2. The fourth-order valence-corrected chi connectivity index (χ4v) is 2.89. The third kappa shape index (κ3) is 3.28. The molecule has 0 aliphatic heterocycles. The quantitative estimate of drug-likeness (QED) is 0.690. The van der Waals surface area contributed by atoms with E-state index in [1.54, 1.807) is 14.2 Å². The van der Waals surface area contributed by atoms with Crippen molar-refractivity contribution in [3.63, 3.8) is 0 Å². The number of nitrogen functional groups attached to an aromatic ring is 1. The van der Waals surface area contributed by atoms with E-state index in [-0.39, 0.29) is 6.04 Å². The van der Waals surface area contributed by atoms with E-state index in [4.69, 9.17) is 15.2 Å². The zero-order valence-electron chi connectivity index (χ0n) is 14.8. The summed E-state index contributed by atoms with van der Waals surface area (Å²) >= 11 is 0. The van der Waals surface area contributed by atoms with Crippen LogP contribution in [0.4, 0.5) is 11.5 Å². The highest BCUT2D eigenvalue weighted by atomic mass is 16.5. The van der Waals surface area contributed by atoms with Gasteiger partial charge in [-0.1, -0.05) is 12.1 Å². The van der Waals surface area contributed by atoms with Crippen molar-refractivity contribution in [3.05, 3.63) is 47.8 Å². The Morgan fingerprint density at radius 1 is 1.08 bits per heavy atom. The molecule has 0 bridgehead atoms. The molecule has 2 aromatic carbocycles. The number of nitrogens with two attached hydrogens (primary N) is 1. The third-order valence-electron chi connectivity index (χ3n) is 4.11. The van der Waals surface area contributed by atoms with Crippen LogP contribution < -0.4 is 20.5 Å². The Hall–Kier alpha value is -3.02. The van der Waals surface area contributed by atoms with Gasteiger partial charge in [-0.25, -0.2) is 9.97 Å². The minimum absolute atomic E-state index is 0.0536. The summed E-state index contributed by atoms with van der Waals surface area (Å²) in [6.07, 6.45) is 0. The number of hydrogen-bond donors (Lipinski definition) is 2. The molecule has 0 unspecified atom stereocenters. The van der Waals surface area contributed by atoms with Crippen LogP contribution in [0.15, 0.2) is 36.4 Å². The van der Waals surface area contributed by atoms with Crippen LogP contribution in [-0.4, -0.2) is 24.2 Å². The van der Waals surface area contributed by atoms with Gasteiger partial charge >= 0.3 is 0 Å². The molecule has 130 valence electrons. The van der Waals surface area contributed by atoms with Crippen LogP contribution in [0.5, 0.6) is 11.5 Å². The number of benzene rings is 2. The smallest absolute Gasteiger partial charge is 0.146 e. The van der Waals surface area contributed by atoms with Gasteiger partial charge in [-0.15, -0.1) is 0 Å². The van der Waals surface area contributed by atoms with Gasteiger partial charge in [-0.2, -0.15) is 0 Å². The van der Waals surface area contributed by atoms with Crippen molar-refractivity contribution in [1.29, 1.82) is 0 Å². The summed E-state index contributed by atoms with van der Waals surface area (Å²) in [5.41, 5.74) is 8.46. The molecule has 1 aromatic heterocycles. The fourth-order valence-electron chi connectivity index (χ4n) is 2.89. The van der Waals surface area contributed by atoms with Crippen LogP contribution in [0, 0.1) is 6.92 Å². The topological polar surface area (TPSA) is 82.3 Å². The number of rotatable bonds is 5. The average molecular weight is 338 g/mol. The van der Waals surface area contributed by atoms with Gasteiger partial charge < -0.3 is 20.5 Å². The monoisotopic (exact) mass is 338 g/mol. The van der Waals surface area contributed by atoms with Crippen LogP contribution in [0.25, 0.3) is 10.9 Å². The number of ether oxygens (including phenoxy) is 2. The summed E-state index contributed by atoms with van der Waals surface area (Å²) < 4.78 is 10.8. The first-order valence-corrected chi connectivity index (χ1v) is 8.04. The highest BCUT2D eigenvalue weighted by Crippen LogP contribution is 2.34. The maximum Gasteiger partial charge on any atom is 0.146 e. The molecule has 0 aliphatic rings. The van der Waals surface area contributed by atoms with Crippen molar-refractivity contribution in [3.8, 4) is 11.5 Å². The van der Waals surface area contributed by atoms with E-state index in [1.807, 2.05) is 50.2 Å². The third-order valence-corrected chi connectivity index (χ3v) is 4.11. The molecule has 3 rings (SSSR count). The van der Waals surface area contributed by atoms with Gasteiger partial charge in [0, 0.05) is 10.9 Å². The van der Waals surface area contributed by atoms with Crippen molar-refractivity contribution < 1.29 is 9.47 Å². The zero-order valence-corrected chi connectivity index (χ0v) is 14.8. The van der Waals surface area contributed by atoms with Crippen molar-refractivity contribution in [1.82, 2.24) is 9.97 Å². The lowest BCUT2D eigenvalue weighted by Crippen LogP contribution is -2.11. The summed E-state index contributed by atoms with van der Waals surface area (Å²) in [5.74, 6) is 2.89. The van der Waals surface area contributed by atoms with E-state index >= 15 is 0 Å². The van der Waals surface area contributed by atoms with Gasteiger partial charge in [0.1, 0.15) is 23.1 Å². The lowest BCUT2D eigenvalue weighted by atomic mass is 10.1. The molecule has 25 heavy (non-hydrogen) atoms. The van der Waals surface area contributed by atoms with Crippen molar-refractivity contribution >= 4 is 22.4 Å². The molecule has 0 radical (unpaired) electrons. The van der Waals surface area contributed by atoms with Gasteiger partial charge in [0.2, 0.25) is 0 Å². The van der Waals surface area contributed by atoms with E-state index in [1.165, 1.54) is 0 Å². The highest BCUT2D eigenvalue weighted by Gasteiger charge is 2.16. The molecule has 3 N–H and O–H groups in total. The van der Waals surface area contributed by atoms with Gasteiger partial charge in [0.15, 0.2) is 0 Å². The molecule has 6 nitrogen and oxygen atoms in total. The molecular formula is C19H22N4O2. The standard InChI is InChI=1S/C19H22N4O2/c1-11(14-6-5-7-16(20)18(14)25-4)21-19-15-10-13(24-3)8-9-17(15)22-12(2)23-19/h5-11H,20H2,1-4H3,(H,21,22,23)/t11-/m1/s1. The Kier molecular flexibility index (Phi) is 4.61. The average Bonchev–Trinajstić information content (AvgIpc) is 2.61.